The summed E-state index contributed by atoms with van der Waals surface area (Å²) in [6.07, 6.45) is 23.8. The number of aliphatic imine (C=N–C) groups is 4. The Morgan fingerprint density at radius 2 is 0.640 bits per heavy atom. The molecule has 0 radical (unpaired) electrons. The zero-order chi connectivity index (χ0) is 15.9. The molecule has 8 bridgehead atoms. The predicted octanol–water partition coefficient (Wildman–Crippen LogP) is 3.42. The summed E-state index contributed by atoms with van der Waals surface area (Å²) in [5.41, 5.74) is 7.15. The Bertz CT molecular complexity index is 858. The van der Waals surface area contributed by atoms with Crippen molar-refractivity contribution in [3.63, 3.8) is 0 Å². The first-order valence-corrected chi connectivity index (χ1v) is 7.74. The molecule has 0 fully saturated rings. The maximum atomic E-state index is 4.59. The summed E-state index contributed by atoms with van der Waals surface area (Å²) in [7, 11) is 0. The van der Waals surface area contributed by atoms with Crippen molar-refractivity contribution >= 4 is 60.6 Å². The number of rotatable bonds is 0. The van der Waals surface area contributed by atoms with Crippen molar-refractivity contribution in [1.82, 2.24) is 0 Å². The van der Waals surface area contributed by atoms with Crippen LogP contribution in [-0.4, -0.2) is 60.6 Å². The van der Waals surface area contributed by atoms with Crippen LogP contribution in [0.3, 0.4) is 0 Å². The minimum atomic E-state index is 0. The van der Waals surface area contributed by atoms with Gasteiger partial charge >= 0.3 is 37.7 Å². The summed E-state index contributed by atoms with van der Waals surface area (Å²) in [6.45, 7) is 0. The third kappa shape index (κ3) is 3.47. The van der Waals surface area contributed by atoms with Crippen molar-refractivity contribution in [3.8, 4) is 0 Å². The van der Waals surface area contributed by atoms with Crippen LogP contribution < -0.4 is 0 Å². The molecule has 0 saturated carbocycles. The van der Waals surface area contributed by atoms with Gasteiger partial charge < -0.3 is 2.85 Å². The number of hydrogen-bond donors (Lipinski definition) is 0. The Morgan fingerprint density at radius 3 is 0.880 bits per heavy atom. The van der Waals surface area contributed by atoms with Gasteiger partial charge in [-0.05, 0) is 72.9 Å². The van der Waals surface area contributed by atoms with Gasteiger partial charge in [0, 0.05) is 0 Å². The molecule has 0 amide bonds. The van der Waals surface area contributed by atoms with Crippen molar-refractivity contribution in [3.05, 3.63) is 95.7 Å². The van der Waals surface area contributed by atoms with Gasteiger partial charge in [-0.15, -0.1) is 0 Å². The fourth-order valence-electron chi connectivity index (χ4n) is 2.83. The van der Waals surface area contributed by atoms with Gasteiger partial charge in [0.15, 0.2) is 0 Å². The van der Waals surface area contributed by atoms with Gasteiger partial charge in [-0.2, -0.15) is 0 Å². The van der Waals surface area contributed by atoms with Crippen molar-refractivity contribution in [2.24, 2.45) is 20.0 Å². The quantitative estimate of drug-likeness (QED) is 0.601. The molecule has 0 aromatic carbocycles. The van der Waals surface area contributed by atoms with Crippen molar-refractivity contribution < 1.29 is 2.85 Å². The van der Waals surface area contributed by atoms with Gasteiger partial charge in [0.2, 0.25) is 0 Å². The third-order valence-electron chi connectivity index (χ3n) is 3.92. The summed E-state index contributed by atoms with van der Waals surface area (Å²) in [4.78, 5) is 18.4. The van der Waals surface area contributed by atoms with E-state index in [1.165, 1.54) is 0 Å². The molecule has 5 heterocycles. The maximum absolute atomic E-state index is 4.59. The van der Waals surface area contributed by atoms with Crippen LogP contribution >= 0.6 is 0 Å². The molecule has 0 aliphatic carbocycles. The second kappa shape index (κ2) is 6.64. The standard InChI is InChI=1S/C20H12N4.Ca.2H/c1-2-14-10-16-5-6-18(23-16)12-20-8-7-19(24-20)11-17-4-3-15(22-17)9-13(1)21-14;;;/h1-12H;;;/q;+2;2*-1. The van der Waals surface area contributed by atoms with E-state index in [4.69, 9.17) is 0 Å². The molecular weight excluding hydrogens is 336 g/mol. The van der Waals surface area contributed by atoms with E-state index < -0.39 is 0 Å². The molecule has 0 aromatic heterocycles. The van der Waals surface area contributed by atoms with E-state index in [1.54, 1.807) is 0 Å². The molecule has 5 heteroatoms. The molecule has 25 heavy (non-hydrogen) atoms. The van der Waals surface area contributed by atoms with Crippen molar-refractivity contribution in [2.45, 2.75) is 0 Å². The monoisotopic (exact) mass is 350 g/mol. The minimum Gasteiger partial charge on any atom is -1.00 e. The molecule has 0 unspecified atom stereocenters. The summed E-state index contributed by atoms with van der Waals surface area (Å²) in [6, 6.07) is 0. The molecule has 5 aliphatic rings. The maximum Gasteiger partial charge on any atom is 2.00 e. The zero-order valence-corrected chi connectivity index (χ0v) is 15.6. The van der Waals surface area contributed by atoms with Gasteiger partial charge in [-0.3, -0.25) is 0 Å². The van der Waals surface area contributed by atoms with Crippen LogP contribution in [-0.2, 0) is 0 Å². The molecule has 0 N–H and O–H groups in total. The molecule has 116 valence electrons. The van der Waals surface area contributed by atoms with Gasteiger partial charge in [0.1, 0.15) is 0 Å². The van der Waals surface area contributed by atoms with E-state index in [0.29, 0.717) is 0 Å². The number of fused-ring (bicyclic) bond motifs is 4. The minimum absolute atomic E-state index is 0. The van der Waals surface area contributed by atoms with E-state index in [9.17, 15) is 0 Å². The number of hydrogen-bond acceptors (Lipinski definition) is 4. The number of nitrogens with zero attached hydrogens (tertiary/aromatic N) is 4. The Morgan fingerprint density at radius 1 is 0.400 bits per heavy atom. The van der Waals surface area contributed by atoms with Crippen molar-refractivity contribution in [1.29, 1.82) is 0 Å². The SMILES string of the molecule is C1=CC2=NC1=CC1=NC(=CC3=NC(=CC4=NC(=C2)C=C4)C=C3)C=C1.[Ca+2].[H-].[H-]. The average Bonchev–Trinajstić information content (AvgIpc) is 3.32. The Labute approximate surface area is 178 Å². The second-order valence-electron chi connectivity index (χ2n) is 5.76. The van der Waals surface area contributed by atoms with Gasteiger partial charge in [0.25, 0.3) is 0 Å². The van der Waals surface area contributed by atoms with Gasteiger partial charge in [0.05, 0.1) is 45.6 Å². The Hall–Kier alpha value is -2.14. The predicted molar refractivity (Wildman–Crippen MR) is 107 cm³/mol. The number of allylic oxidation sites excluding steroid dienone is 12. The molecule has 0 aromatic rings. The molecule has 0 spiro atoms. The Kier molecular flexibility index (Phi) is 4.34. The molecule has 4 nitrogen and oxygen atoms in total. The largest absolute Gasteiger partial charge is 2.00 e. The first kappa shape index (κ1) is 16.3. The van der Waals surface area contributed by atoms with Crippen molar-refractivity contribution in [2.75, 3.05) is 0 Å². The van der Waals surface area contributed by atoms with Gasteiger partial charge in [-0.1, -0.05) is 0 Å². The smallest absolute Gasteiger partial charge is 1.00 e. The normalized spacial score (nSPS) is 21.8. The zero-order valence-electron chi connectivity index (χ0n) is 15.4. The average molecular weight is 350 g/mol. The fourth-order valence-corrected chi connectivity index (χ4v) is 2.83. The van der Waals surface area contributed by atoms with E-state index in [1.807, 2.05) is 72.9 Å². The fraction of sp³-hybridized carbons (Fsp3) is 0. The topological polar surface area (TPSA) is 49.4 Å². The van der Waals surface area contributed by atoms with Gasteiger partial charge in [-0.25, -0.2) is 20.0 Å². The summed E-state index contributed by atoms with van der Waals surface area (Å²) >= 11 is 0. The van der Waals surface area contributed by atoms with E-state index in [0.717, 1.165) is 45.6 Å². The first-order chi connectivity index (χ1) is 11.8. The molecule has 0 saturated heterocycles. The van der Waals surface area contributed by atoms with E-state index in [-0.39, 0.29) is 40.6 Å². The van der Waals surface area contributed by atoms with Crippen LogP contribution in [0.25, 0.3) is 0 Å². The molecule has 0 atom stereocenters. The summed E-state index contributed by atoms with van der Waals surface area (Å²) < 4.78 is 0. The van der Waals surface area contributed by atoms with E-state index >= 15 is 0 Å². The van der Waals surface area contributed by atoms with Crippen LogP contribution in [0.1, 0.15) is 2.85 Å². The van der Waals surface area contributed by atoms with Crippen LogP contribution in [0.2, 0.25) is 0 Å². The van der Waals surface area contributed by atoms with Crippen LogP contribution in [0, 0.1) is 0 Å². The van der Waals surface area contributed by atoms with Crippen LogP contribution in [0.4, 0.5) is 0 Å². The Balaban J connectivity index is 0.000000871. The summed E-state index contributed by atoms with van der Waals surface area (Å²) in [5.74, 6) is 0. The van der Waals surface area contributed by atoms with Crippen LogP contribution in [0.15, 0.2) is 116 Å². The van der Waals surface area contributed by atoms with E-state index in [2.05, 4.69) is 20.0 Å². The molecular formula is C20H14CaN4. The second-order valence-corrected chi connectivity index (χ2v) is 5.76. The third-order valence-corrected chi connectivity index (χ3v) is 3.92. The molecule has 5 aliphatic heterocycles. The molecule has 5 rings (SSSR count). The summed E-state index contributed by atoms with van der Waals surface area (Å²) in [5, 5.41) is 0. The first-order valence-electron chi connectivity index (χ1n) is 7.74. The van der Waals surface area contributed by atoms with Crippen LogP contribution in [0.5, 0.6) is 0 Å².